The highest BCUT2D eigenvalue weighted by atomic mass is 32.2. The van der Waals surface area contributed by atoms with E-state index in [1.807, 2.05) is 36.4 Å². The molecule has 35 heavy (non-hydrogen) atoms. The Bertz CT molecular complexity index is 1650. The Kier molecular flexibility index (Phi) is 6.12. The summed E-state index contributed by atoms with van der Waals surface area (Å²) in [7, 11) is -7.72. The van der Waals surface area contributed by atoms with Crippen LogP contribution in [0.4, 0.5) is 5.13 Å². The number of carbonyl (C=O) groups excluding carboxylic acids is 1. The fourth-order valence-electron chi connectivity index (χ4n) is 4.39. The monoisotopic (exact) mass is 529 g/mol. The van der Waals surface area contributed by atoms with Crippen LogP contribution in [-0.4, -0.2) is 51.4 Å². The largest absolute Gasteiger partial charge is 0.302 e. The second kappa shape index (κ2) is 8.98. The van der Waals surface area contributed by atoms with Gasteiger partial charge in [0.05, 0.1) is 15.1 Å². The number of piperidine rings is 1. The molecular weight excluding hydrogens is 506 g/mol. The minimum Gasteiger partial charge on any atom is -0.302 e. The molecule has 1 N–H and O–H groups in total. The highest BCUT2D eigenvalue weighted by Crippen LogP contribution is 2.33. The van der Waals surface area contributed by atoms with Crippen molar-refractivity contribution in [1.29, 1.82) is 0 Å². The van der Waals surface area contributed by atoms with Crippen LogP contribution in [0.1, 0.15) is 12.8 Å². The van der Waals surface area contributed by atoms with E-state index in [4.69, 9.17) is 0 Å². The quantitative estimate of drug-likeness (QED) is 0.420. The molecule has 0 bridgehead atoms. The predicted octanol–water partition coefficient (Wildman–Crippen LogP) is 3.89. The fraction of sp³-hybridized carbons (Fsp3) is 0.250. The van der Waals surface area contributed by atoms with Crippen molar-refractivity contribution < 1.29 is 21.6 Å². The molecule has 2 heterocycles. The maximum Gasteiger partial charge on any atom is 0.244 e. The summed E-state index contributed by atoms with van der Waals surface area (Å²) in [5.41, 5.74) is 0.842. The van der Waals surface area contributed by atoms with Gasteiger partial charge in [0.15, 0.2) is 15.0 Å². The molecule has 1 aromatic heterocycles. The summed E-state index contributed by atoms with van der Waals surface area (Å²) in [6.07, 6.45) is 1.66. The lowest BCUT2D eigenvalue weighted by Crippen LogP contribution is -2.41. The van der Waals surface area contributed by atoms with Gasteiger partial charge in [-0.2, -0.15) is 4.31 Å². The maximum absolute atomic E-state index is 13.2. The molecule has 1 saturated heterocycles. The molecule has 182 valence electrons. The van der Waals surface area contributed by atoms with Crippen molar-refractivity contribution in [2.24, 2.45) is 5.92 Å². The number of carbonyl (C=O) groups is 1. The van der Waals surface area contributed by atoms with E-state index in [0.717, 1.165) is 27.2 Å². The van der Waals surface area contributed by atoms with Crippen molar-refractivity contribution >= 4 is 63.2 Å². The van der Waals surface area contributed by atoms with Gasteiger partial charge in [0.25, 0.3) is 0 Å². The van der Waals surface area contributed by atoms with E-state index >= 15 is 0 Å². The Morgan fingerprint density at radius 2 is 1.60 bits per heavy atom. The zero-order chi connectivity index (χ0) is 24.8. The molecule has 0 spiro atoms. The van der Waals surface area contributed by atoms with Gasteiger partial charge in [-0.1, -0.05) is 53.8 Å². The molecule has 0 radical (unpaired) electrons. The molecule has 8 nitrogen and oxygen atoms in total. The molecule has 11 heteroatoms. The molecule has 3 aromatic carbocycles. The lowest BCUT2D eigenvalue weighted by Gasteiger charge is -2.30. The zero-order valence-corrected chi connectivity index (χ0v) is 21.3. The van der Waals surface area contributed by atoms with Crippen molar-refractivity contribution in [3.8, 4) is 0 Å². The first kappa shape index (κ1) is 23.9. The topological polar surface area (TPSA) is 114 Å². The number of anilines is 1. The Hall–Kier alpha value is -2.86. The maximum atomic E-state index is 13.2. The Morgan fingerprint density at radius 3 is 2.31 bits per heavy atom. The average molecular weight is 530 g/mol. The smallest absolute Gasteiger partial charge is 0.244 e. The summed E-state index contributed by atoms with van der Waals surface area (Å²) in [4.78, 5) is 17.1. The van der Waals surface area contributed by atoms with Crippen LogP contribution in [0.3, 0.4) is 0 Å². The van der Waals surface area contributed by atoms with E-state index in [2.05, 4.69) is 10.3 Å². The number of hydrogen-bond donors (Lipinski definition) is 1. The second-order valence-corrected chi connectivity index (χ2v) is 13.5. The molecule has 1 fully saturated rings. The summed E-state index contributed by atoms with van der Waals surface area (Å²) >= 11 is 1.40. The van der Waals surface area contributed by atoms with Gasteiger partial charge in [0, 0.05) is 30.6 Å². The van der Waals surface area contributed by atoms with Gasteiger partial charge >= 0.3 is 0 Å². The number of fused-ring (bicyclic) bond motifs is 3. The van der Waals surface area contributed by atoms with Crippen molar-refractivity contribution in [3.05, 3.63) is 60.7 Å². The molecule has 0 unspecified atom stereocenters. The standard InChI is InChI=1S/C24H23N3O5S3/c1-34(29,30)20-8-4-5-9-21(20)35(31,32)27-14-12-17(13-15-27)23(28)26-24-25-22-18-7-3-2-6-16(18)10-11-19(22)33-24/h2-11,17H,12-15H2,1H3,(H,25,26,28). The molecular formula is C24H23N3O5S3. The first-order valence-electron chi connectivity index (χ1n) is 11.0. The van der Waals surface area contributed by atoms with Crippen LogP contribution in [0, 0.1) is 5.92 Å². The molecule has 1 aliphatic rings. The van der Waals surface area contributed by atoms with Gasteiger partial charge in [0.2, 0.25) is 15.9 Å². The molecule has 1 aliphatic heterocycles. The number of benzene rings is 3. The first-order chi connectivity index (χ1) is 16.6. The number of amides is 1. The van der Waals surface area contributed by atoms with Crippen LogP contribution >= 0.6 is 11.3 Å². The van der Waals surface area contributed by atoms with Crippen molar-refractivity contribution in [1.82, 2.24) is 9.29 Å². The number of sulfonamides is 1. The molecule has 4 aromatic rings. The van der Waals surface area contributed by atoms with Gasteiger partial charge in [-0.3, -0.25) is 4.79 Å². The van der Waals surface area contributed by atoms with Gasteiger partial charge in [-0.15, -0.1) is 0 Å². The highest BCUT2D eigenvalue weighted by molar-refractivity contribution is 7.93. The van der Waals surface area contributed by atoms with E-state index in [1.54, 1.807) is 0 Å². The molecule has 1 amide bonds. The summed E-state index contributed by atoms with van der Waals surface area (Å²) in [5, 5.41) is 5.51. The van der Waals surface area contributed by atoms with E-state index < -0.39 is 19.9 Å². The van der Waals surface area contributed by atoms with Gasteiger partial charge in [-0.25, -0.2) is 21.8 Å². The normalized spacial score (nSPS) is 16.0. The zero-order valence-electron chi connectivity index (χ0n) is 18.8. The minimum atomic E-state index is -4.01. The summed E-state index contributed by atoms with van der Waals surface area (Å²) in [6.45, 7) is 0.256. The number of nitrogens with zero attached hydrogens (tertiary/aromatic N) is 2. The van der Waals surface area contributed by atoms with Crippen molar-refractivity contribution in [3.63, 3.8) is 0 Å². The lowest BCUT2D eigenvalue weighted by molar-refractivity contribution is -0.120. The Balaban J connectivity index is 1.29. The third-order valence-electron chi connectivity index (χ3n) is 6.20. The Labute approximate surface area is 207 Å². The van der Waals surface area contributed by atoms with E-state index in [9.17, 15) is 21.6 Å². The summed E-state index contributed by atoms with van der Waals surface area (Å²) < 4.78 is 52.8. The molecule has 0 atom stereocenters. The predicted molar refractivity (Wildman–Crippen MR) is 137 cm³/mol. The van der Waals surface area contributed by atoms with Crippen LogP contribution < -0.4 is 5.32 Å². The second-order valence-electron chi connectivity index (χ2n) is 8.54. The number of aromatic nitrogens is 1. The SMILES string of the molecule is CS(=O)(=O)c1ccccc1S(=O)(=O)N1CCC(C(=O)Nc2nc3c(ccc4ccccc43)s2)CC1. The van der Waals surface area contributed by atoms with Gasteiger partial charge < -0.3 is 5.32 Å². The van der Waals surface area contributed by atoms with Crippen LogP contribution in [0.15, 0.2) is 70.5 Å². The molecule has 5 rings (SSSR count). The number of hydrogen-bond acceptors (Lipinski definition) is 7. The number of thiazole rings is 1. The molecule has 0 aliphatic carbocycles. The Morgan fingerprint density at radius 1 is 0.943 bits per heavy atom. The van der Waals surface area contributed by atoms with Gasteiger partial charge in [0.1, 0.15) is 4.90 Å². The fourth-order valence-corrected chi connectivity index (χ4v) is 8.35. The minimum absolute atomic E-state index is 0.128. The third-order valence-corrected chi connectivity index (χ3v) is 10.4. The molecule has 0 saturated carbocycles. The lowest BCUT2D eigenvalue weighted by atomic mass is 9.97. The van der Waals surface area contributed by atoms with Gasteiger partial charge in [-0.05, 0) is 36.4 Å². The number of rotatable bonds is 5. The number of nitrogens with one attached hydrogen (secondary N) is 1. The van der Waals surface area contributed by atoms with Crippen molar-refractivity contribution in [2.75, 3.05) is 24.7 Å². The third kappa shape index (κ3) is 4.56. The van der Waals surface area contributed by atoms with E-state index in [0.29, 0.717) is 18.0 Å². The summed E-state index contributed by atoms with van der Waals surface area (Å²) in [6, 6.07) is 17.6. The van der Waals surface area contributed by atoms with Crippen LogP contribution in [0.2, 0.25) is 0 Å². The van der Waals surface area contributed by atoms with E-state index in [1.165, 1.54) is 39.9 Å². The van der Waals surface area contributed by atoms with Crippen molar-refractivity contribution in [2.45, 2.75) is 22.6 Å². The number of sulfone groups is 1. The van der Waals surface area contributed by atoms with Crippen LogP contribution in [0.5, 0.6) is 0 Å². The summed E-state index contributed by atoms with van der Waals surface area (Å²) in [5.74, 6) is -0.558. The van der Waals surface area contributed by atoms with Crippen LogP contribution in [0.25, 0.3) is 21.0 Å². The van der Waals surface area contributed by atoms with Crippen LogP contribution in [-0.2, 0) is 24.7 Å². The average Bonchev–Trinajstić information content (AvgIpc) is 3.26. The van der Waals surface area contributed by atoms with E-state index in [-0.39, 0.29) is 34.7 Å². The first-order valence-corrected chi connectivity index (χ1v) is 15.2. The highest BCUT2D eigenvalue weighted by Gasteiger charge is 2.34.